The summed E-state index contributed by atoms with van der Waals surface area (Å²) in [5.74, 6) is -0.401. The number of hydrogen-bond donors (Lipinski definition) is 3. The number of aromatic nitrogens is 2. The molecule has 1 unspecified atom stereocenters. The minimum Gasteiger partial charge on any atom is -0.443 e. The fraction of sp³-hybridized carbons (Fsp3) is 0.407. The zero-order chi connectivity index (χ0) is 27.3. The van der Waals surface area contributed by atoms with Gasteiger partial charge in [-0.05, 0) is 44.4 Å². The first-order valence-electron chi connectivity index (χ1n) is 12.5. The van der Waals surface area contributed by atoms with Crippen LogP contribution in [0.4, 0.5) is 4.79 Å². The number of amides is 3. The molecular weight excluding hydrogens is 488 g/mol. The Morgan fingerprint density at radius 1 is 1.13 bits per heavy atom. The van der Waals surface area contributed by atoms with Crippen molar-refractivity contribution in [1.82, 2.24) is 19.6 Å². The van der Waals surface area contributed by atoms with Crippen LogP contribution in [0.15, 0.2) is 54.7 Å². The first kappa shape index (κ1) is 27.1. The summed E-state index contributed by atoms with van der Waals surface area (Å²) < 4.78 is 13.4. The van der Waals surface area contributed by atoms with Crippen molar-refractivity contribution in [2.45, 2.75) is 57.5 Å². The van der Waals surface area contributed by atoms with E-state index in [0.717, 1.165) is 11.1 Å². The molecule has 0 aliphatic carbocycles. The molecule has 0 saturated carbocycles. The normalized spacial score (nSPS) is 16.4. The van der Waals surface area contributed by atoms with Gasteiger partial charge in [-0.3, -0.25) is 18.9 Å². The average molecular weight is 523 g/mol. The molecule has 1 aliphatic rings. The third-order valence-electron chi connectivity index (χ3n) is 6.42. The molecule has 0 radical (unpaired) electrons. The molecule has 4 rings (SSSR count). The quantitative estimate of drug-likeness (QED) is 0.368. The van der Waals surface area contributed by atoms with Gasteiger partial charge >= 0.3 is 6.09 Å². The van der Waals surface area contributed by atoms with E-state index in [0.29, 0.717) is 37.5 Å². The summed E-state index contributed by atoms with van der Waals surface area (Å²) in [6.45, 7) is 4.07. The molecule has 3 amide bonds. The van der Waals surface area contributed by atoms with Gasteiger partial charge in [0.25, 0.3) is 0 Å². The van der Waals surface area contributed by atoms with E-state index in [2.05, 4.69) is 10.3 Å². The number of imidazole rings is 1. The van der Waals surface area contributed by atoms with E-state index in [1.165, 1.54) is 4.90 Å². The zero-order valence-electron chi connectivity index (χ0n) is 21.6. The molecule has 38 heavy (non-hydrogen) atoms. The van der Waals surface area contributed by atoms with Crippen molar-refractivity contribution in [3.8, 4) is 0 Å². The zero-order valence-corrected chi connectivity index (χ0v) is 21.6. The minimum atomic E-state index is -1.12. The van der Waals surface area contributed by atoms with E-state index in [9.17, 15) is 14.4 Å². The molecule has 1 aromatic carbocycles. The number of primary amides is 1. The highest BCUT2D eigenvalue weighted by Gasteiger charge is 2.34. The highest BCUT2D eigenvalue weighted by atomic mass is 16.6. The van der Waals surface area contributed by atoms with Gasteiger partial charge in [-0.2, -0.15) is 0 Å². The van der Waals surface area contributed by atoms with Crippen LogP contribution >= 0.6 is 0 Å². The molecule has 11 nitrogen and oxygen atoms in total. The standard InChI is InChI=1S/C27H34N6O5/c1-27(2,29)25(35)31-21(17-37-15-18-8-4-3-5-9-18)24-30-14-19-10-6-11-20(33(19)24)16-38-26(36)32-13-7-12-22(32)23(28)34/h3-6,8-11,14,21-22H,7,12-13,15-17,29H2,1-2H3,(H2,28,34)(H,31,35)/t21-,22?/m1/s1. The molecule has 1 aliphatic heterocycles. The van der Waals surface area contributed by atoms with Crippen molar-refractivity contribution >= 4 is 23.4 Å². The van der Waals surface area contributed by atoms with Gasteiger partial charge in [0.05, 0.1) is 36.2 Å². The maximum Gasteiger partial charge on any atom is 0.410 e. The first-order chi connectivity index (χ1) is 18.1. The lowest BCUT2D eigenvalue weighted by molar-refractivity contribution is -0.126. The van der Waals surface area contributed by atoms with E-state index >= 15 is 0 Å². The monoisotopic (exact) mass is 522 g/mol. The fourth-order valence-electron chi connectivity index (χ4n) is 4.39. The largest absolute Gasteiger partial charge is 0.443 e. The Morgan fingerprint density at radius 3 is 2.61 bits per heavy atom. The second-order valence-corrected chi connectivity index (χ2v) is 9.95. The van der Waals surface area contributed by atoms with Gasteiger partial charge in [0.2, 0.25) is 11.8 Å². The van der Waals surface area contributed by atoms with Gasteiger partial charge in [0.1, 0.15) is 24.5 Å². The van der Waals surface area contributed by atoms with Gasteiger partial charge < -0.3 is 26.3 Å². The lowest BCUT2D eigenvalue weighted by atomic mass is 10.1. The molecule has 3 aromatic rings. The van der Waals surface area contributed by atoms with Crippen LogP contribution < -0.4 is 16.8 Å². The molecule has 0 bridgehead atoms. The summed E-state index contributed by atoms with van der Waals surface area (Å²) in [6.07, 6.45) is 2.28. The van der Waals surface area contributed by atoms with Gasteiger partial charge in [0.15, 0.2) is 0 Å². The van der Waals surface area contributed by atoms with Crippen molar-refractivity contribution in [3.05, 3.63) is 71.8 Å². The second-order valence-electron chi connectivity index (χ2n) is 9.95. The van der Waals surface area contributed by atoms with Crippen LogP contribution in [0.25, 0.3) is 5.52 Å². The fourth-order valence-corrected chi connectivity index (χ4v) is 4.39. The van der Waals surface area contributed by atoms with Crippen molar-refractivity contribution < 1.29 is 23.9 Å². The maximum atomic E-state index is 12.8. The van der Waals surface area contributed by atoms with E-state index < -0.39 is 29.6 Å². The van der Waals surface area contributed by atoms with Crippen LogP contribution in [0.3, 0.4) is 0 Å². The molecular formula is C27H34N6O5. The predicted octanol–water partition coefficient (Wildman–Crippen LogP) is 2.03. The third-order valence-corrected chi connectivity index (χ3v) is 6.42. The summed E-state index contributed by atoms with van der Waals surface area (Å²) in [7, 11) is 0. The number of ether oxygens (including phenoxy) is 2. The lowest BCUT2D eigenvalue weighted by Crippen LogP contribution is -2.51. The van der Waals surface area contributed by atoms with Gasteiger partial charge in [-0.25, -0.2) is 9.78 Å². The molecule has 2 aromatic heterocycles. The molecule has 202 valence electrons. The molecule has 5 N–H and O–H groups in total. The molecule has 1 saturated heterocycles. The number of carbonyl (C=O) groups is 3. The van der Waals surface area contributed by atoms with Gasteiger partial charge in [-0.15, -0.1) is 0 Å². The Bertz CT molecular complexity index is 1290. The number of nitrogens with two attached hydrogens (primary N) is 2. The van der Waals surface area contributed by atoms with Crippen LogP contribution in [0.1, 0.15) is 49.8 Å². The van der Waals surface area contributed by atoms with Crippen molar-refractivity contribution in [1.29, 1.82) is 0 Å². The van der Waals surface area contributed by atoms with Crippen LogP contribution in [-0.4, -0.2) is 56.9 Å². The highest BCUT2D eigenvalue weighted by Crippen LogP contribution is 2.22. The number of pyridine rings is 1. The number of nitrogens with zero attached hydrogens (tertiary/aromatic N) is 3. The van der Waals surface area contributed by atoms with Crippen molar-refractivity contribution in [2.75, 3.05) is 13.2 Å². The van der Waals surface area contributed by atoms with Crippen LogP contribution in [0.5, 0.6) is 0 Å². The van der Waals surface area contributed by atoms with Gasteiger partial charge in [-0.1, -0.05) is 36.4 Å². The third kappa shape index (κ3) is 6.29. The summed E-state index contributed by atoms with van der Waals surface area (Å²) >= 11 is 0. The number of likely N-dealkylation sites (tertiary alicyclic amines) is 1. The average Bonchev–Trinajstić information content (AvgIpc) is 3.55. The summed E-state index contributed by atoms with van der Waals surface area (Å²) in [5, 5.41) is 2.95. The van der Waals surface area contributed by atoms with E-state index in [-0.39, 0.29) is 19.1 Å². The molecule has 3 heterocycles. The first-order valence-corrected chi connectivity index (χ1v) is 12.5. The highest BCUT2D eigenvalue weighted by molar-refractivity contribution is 5.85. The predicted molar refractivity (Wildman–Crippen MR) is 140 cm³/mol. The SMILES string of the molecule is CC(C)(N)C(=O)N[C@H](COCc1ccccc1)c1ncc2cccc(COC(=O)N3CCCC3C(N)=O)n12. The Balaban J connectivity index is 1.56. The number of rotatable bonds is 10. The summed E-state index contributed by atoms with van der Waals surface area (Å²) in [4.78, 5) is 43.2. The van der Waals surface area contributed by atoms with Crippen LogP contribution in [0, 0.1) is 0 Å². The van der Waals surface area contributed by atoms with E-state index in [4.69, 9.17) is 20.9 Å². The Kier molecular flexibility index (Phi) is 8.28. The number of benzene rings is 1. The van der Waals surface area contributed by atoms with E-state index in [1.807, 2.05) is 46.9 Å². The molecule has 2 atom stereocenters. The number of fused-ring (bicyclic) bond motifs is 1. The van der Waals surface area contributed by atoms with Gasteiger partial charge in [0, 0.05) is 6.54 Å². The Labute approximate surface area is 221 Å². The molecule has 0 spiro atoms. The lowest BCUT2D eigenvalue weighted by Gasteiger charge is -2.25. The second kappa shape index (κ2) is 11.6. The maximum absolute atomic E-state index is 12.8. The van der Waals surface area contributed by atoms with Crippen LogP contribution in [0.2, 0.25) is 0 Å². The number of nitrogens with one attached hydrogen (secondary N) is 1. The van der Waals surface area contributed by atoms with Crippen LogP contribution in [-0.2, 0) is 32.3 Å². The minimum absolute atomic E-state index is 0.0740. The Morgan fingerprint density at radius 2 is 1.89 bits per heavy atom. The molecule has 11 heteroatoms. The molecule has 1 fully saturated rings. The smallest absolute Gasteiger partial charge is 0.410 e. The summed E-state index contributed by atoms with van der Waals surface area (Å²) in [6, 6.07) is 13.9. The van der Waals surface area contributed by atoms with Crippen molar-refractivity contribution in [3.63, 3.8) is 0 Å². The number of carbonyl (C=O) groups excluding carboxylic acids is 3. The summed E-state index contributed by atoms with van der Waals surface area (Å²) in [5.41, 5.74) is 12.7. The Hall–Kier alpha value is -3.96. The van der Waals surface area contributed by atoms with E-state index in [1.54, 1.807) is 26.1 Å². The topological polar surface area (TPSA) is 154 Å². The van der Waals surface area contributed by atoms with Crippen molar-refractivity contribution in [2.24, 2.45) is 11.5 Å². The number of hydrogen-bond acceptors (Lipinski definition) is 7.